The molecule has 0 radical (unpaired) electrons. The molecule has 3 amide bonds. The van der Waals surface area contributed by atoms with Crippen molar-refractivity contribution >= 4 is 67.8 Å². The second-order valence-electron chi connectivity index (χ2n) is 14.0. The minimum atomic E-state index is -3.90. The van der Waals surface area contributed by atoms with Gasteiger partial charge in [-0.2, -0.15) is 4.98 Å². The van der Waals surface area contributed by atoms with Crippen molar-refractivity contribution in [1.29, 1.82) is 0 Å². The van der Waals surface area contributed by atoms with Crippen molar-refractivity contribution < 1.29 is 27.5 Å². The lowest BCUT2D eigenvalue weighted by Gasteiger charge is -2.19. The number of aromatic nitrogens is 4. The predicted molar refractivity (Wildman–Crippen MR) is 220 cm³/mol. The summed E-state index contributed by atoms with van der Waals surface area (Å²) in [6.45, 7) is 5.83. The number of benzene rings is 3. The minimum Gasteiger partial charge on any atom is -0.444 e. The number of carbonyl (C=O) groups excluding carboxylic acids is 3. The van der Waals surface area contributed by atoms with E-state index in [2.05, 4.69) is 36.2 Å². The summed E-state index contributed by atoms with van der Waals surface area (Å²) >= 11 is 0. The van der Waals surface area contributed by atoms with Crippen molar-refractivity contribution in [1.82, 2.24) is 23.8 Å². The summed E-state index contributed by atoms with van der Waals surface area (Å²) in [5, 5.41) is 12.0. The number of anilines is 5. The number of ether oxygens (including phenoxy) is 1. The van der Waals surface area contributed by atoms with E-state index in [4.69, 9.17) is 4.74 Å². The maximum Gasteiger partial charge on any atom is 0.414 e. The second kappa shape index (κ2) is 16.8. The van der Waals surface area contributed by atoms with Crippen LogP contribution in [0, 0.1) is 0 Å². The quantitative estimate of drug-likeness (QED) is 0.0924. The normalized spacial score (nSPS) is 11.8. The summed E-state index contributed by atoms with van der Waals surface area (Å²) in [7, 11) is -0.0876. The van der Waals surface area contributed by atoms with Gasteiger partial charge in [-0.25, -0.2) is 27.2 Å². The van der Waals surface area contributed by atoms with Crippen LogP contribution in [0.4, 0.5) is 33.6 Å². The number of likely N-dealkylation sites (N-methyl/N-ethyl adjacent to an activating group) is 1. The topological polar surface area (TPSA) is 190 Å². The van der Waals surface area contributed by atoms with Gasteiger partial charge in [0.25, 0.3) is 15.9 Å². The van der Waals surface area contributed by atoms with Crippen LogP contribution in [0.3, 0.4) is 0 Å². The molecule has 0 saturated carbocycles. The van der Waals surface area contributed by atoms with Crippen molar-refractivity contribution in [3.63, 3.8) is 0 Å². The molecule has 16 heteroatoms. The lowest BCUT2D eigenvalue weighted by molar-refractivity contribution is -0.111. The van der Waals surface area contributed by atoms with E-state index in [1.807, 2.05) is 19.0 Å². The van der Waals surface area contributed by atoms with Gasteiger partial charge >= 0.3 is 6.09 Å². The molecule has 3 heterocycles. The zero-order valence-electron chi connectivity index (χ0n) is 31.8. The van der Waals surface area contributed by atoms with E-state index in [-0.39, 0.29) is 34.1 Å². The van der Waals surface area contributed by atoms with E-state index in [1.165, 1.54) is 30.6 Å². The van der Waals surface area contributed by atoms with E-state index in [0.717, 1.165) is 3.97 Å². The molecule has 0 spiro atoms. The van der Waals surface area contributed by atoms with Crippen LogP contribution < -0.4 is 21.3 Å². The molecule has 0 fully saturated rings. The highest BCUT2D eigenvalue weighted by atomic mass is 32.2. The van der Waals surface area contributed by atoms with Crippen LogP contribution in [0.15, 0.2) is 127 Å². The first-order valence-electron chi connectivity index (χ1n) is 17.7. The van der Waals surface area contributed by atoms with Gasteiger partial charge in [0, 0.05) is 64.7 Å². The smallest absolute Gasteiger partial charge is 0.414 e. The monoisotopic (exact) mass is 787 g/mol. The third-order valence-corrected chi connectivity index (χ3v) is 9.66. The number of amides is 3. The summed E-state index contributed by atoms with van der Waals surface area (Å²) < 4.78 is 33.3. The van der Waals surface area contributed by atoms with Crippen molar-refractivity contribution in [2.45, 2.75) is 31.3 Å². The van der Waals surface area contributed by atoms with Crippen molar-refractivity contribution in [3.05, 3.63) is 127 Å². The Morgan fingerprint density at radius 3 is 2.28 bits per heavy atom. The number of nitrogens with one attached hydrogen (secondary N) is 4. The van der Waals surface area contributed by atoms with Gasteiger partial charge in [0.1, 0.15) is 11.4 Å². The first-order valence-corrected chi connectivity index (χ1v) is 19.1. The van der Waals surface area contributed by atoms with E-state index in [9.17, 15) is 22.8 Å². The number of rotatable bonds is 12. The Kier molecular flexibility index (Phi) is 11.8. The number of fused-ring (bicyclic) bond motifs is 1. The van der Waals surface area contributed by atoms with Crippen LogP contribution in [-0.2, 0) is 19.6 Å². The molecule has 3 aromatic carbocycles. The van der Waals surface area contributed by atoms with Crippen molar-refractivity contribution in [3.8, 4) is 11.3 Å². The van der Waals surface area contributed by atoms with Gasteiger partial charge in [-0.05, 0) is 102 Å². The molecule has 0 saturated heterocycles. The van der Waals surface area contributed by atoms with Gasteiger partial charge in [0.15, 0.2) is 5.65 Å². The lowest BCUT2D eigenvalue weighted by Crippen LogP contribution is -2.27. The minimum absolute atomic E-state index is 0.0674. The van der Waals surface area contributed by atoms with Crippen LogP contribution in [-0.4, -0.2) is 76.4 Å². The molecule has 0 atom stereocenters. The zero-order chi connectivity index (χ0) is 40.7. The number of pyridine rings is 1. The first-order chi connectivity index (χ1) is 27.1. The Hall–Kier alpha value is -6.91. The Morgan fingerprint density at radius 2 is 1.56 bits per heavy atom. The number of carbonyl (C=O) groups is 3. The summed E-state index contributed by atoms with van der Waals surface area (Å²) in [4.78, 5) is 53.7. The Bertz CT molecular complexity index is 2570. The molecule has 0 unspecified atom stereocenters. The second-order valence-corrected chi connectivity index (χ2v) is 15.9. The molecule has 0 aliphatic carbocycles. The van der Waals surface area contributed by atoms with Crippen LogP contribution in [0.25, 0.3) is 22.3 Å². The van der Waals surface area contributed by atoms with Gasteiger partial charge in [-0.3, -0.25) is 14.9 Å². The molecule has 6 rings (SSSR count). The first kappa shape index (κ1) is 39.8. The third kappa shape index (κ3) is 10.4. The molecule has 0 bridgehead atoms. The number of hydrogen-bond acceptors (Lipinski definition) is 11. The Balaban J connectivity index is 1.22. The maximum absolute atomic E-state index is 13.4. The maximum atomic E-state index is 13.4. The van der Waals surface area contributed by atoms with Crippen LogP contribution in [0.1, 0.15) is 31.1 Å². The van der Waals surface area contributed by atoms with Crippen LogP contribution in [0.2, 0.25) is 0 Å². The average Bonchev–Trinajstić information content (AvgIpc) is 3.59. The standard InChI is InChI=1S/C41H41N9O6S/c1-41(2,3)56-40(53)48-39-46-34(29-23-28-20-22-50(37(28)42-26-29)57(54,55)33-13-7-6-8-14-33)25-35(47-39)43-31-11-9-12-32(24-31)45-38(52)27-16-18-30(19-17-27)44-36(51)15-10-21-49(4)5/h6-20,22-26H,21H2,1-5H3,(H,44,51)(H,45,52)(H2,43,46,47,48,53)/b15-10+. The summed E-state index contributed by atoms with van der Waals surface area (Å²) in [5.41, 5.74) is 2.29. The fraction of sp³-hybridized carbons (Fsp3) is 0.171. The Labute approximate surface area is 329 Å². The Morgan fingerprint density at radius 1 is 0.825 bits per heavy atom. The number of nitrogens with zero attached hydrogens (tertiary/aromatic N) is 5. The molecule has 0 aliphatic rings. The van der Waals surface area contributed by atoms with Crippen LogP contribution in [0.5, 0.6) is 0 Å². The lowest BCUT2D eigenvalue weighted by atomic mass is 10.1. The number of hydrogen-bond donors (Lipinski definition) is 4. The van der Waals surface area contributed by atoms with Gasteiger partial charge < -0.3 is 25.6 Å². The highest BCUT2D eigenvalue weighted by Crippen LogP contribution is 2.29. The molecule has 3 aromatic heterocycles. The van der Waals surface area contributed by atoms with Gasteiger partial charge in [0.2, 0.25) is 11.9 Å². The molecule has 4 N–H and O–H groups in total. The summed E-state index contributed by atoms with van der Waals surface area (Å²) in [5.74, 6) is -0.417. The van der Waals surface area contributed by atoms with E-state index in [1.54, 1.807) is 112 Å². The molecule has 57 heavy (non-hydrogen) atoms. The zero-order valence-corrected chi connectivity index (χ0v) is 32.7. The van der Waals surface area contributed by atoms with E-state index < -0.39 is 21.7 Å². The summed E-state index contributed by atoms with van der Waals surface area (Å²) in [6.07, 6.45) is 5.38. The van der Waals surface area contributed by atoms with Gasteiger partial charge in [-0.15, -0.1) is 0 Å². The fourth-order valence-corrected chi connectivity index (χ4v) is 6.76. The molecular weight excluding hydrogens is 747 g/mol. The van der Waals surface area contributed by atoms with Crippen molar-refractivity contribution in [2.75, 3.05) is 41.9 Å². The van der Waals surface area contributed by atoms with Crippen molar-refractivity contribution in [2.24, 2.45) is 0 Å². The molecule has 15 nitrogen and oxygen atoms in total. The molecular formula is C41H41N9O6S. The van der Waals surface area contributed by atoms with Gasteiger partial charge in [0.05, 0.1) is 10.6 Å². The largest absolute Gasteiger partial charge is 0.444 e. The highest BCUT2D eigenvalue weighted by molar-refractivity contribution is 7.90. The fourth-order valence-electron chi connectivity index (χ4n) is 5.44. The third-order valence-electron chi connectivity index (χ3n) is 7.98. The van der Waals surface area contributed by atoms with E-state index in [0.29, 0.717) is 45.8 Å². The summed E-state index contributed by atoms with van der Waals surface area (Å²) in [6, 6.07) is 26.6. The SMILES string of the molecule is CN(C)C/C=C/C(=O)Nc1ccc(C(=O)Nc2cccc(Nc3cc(-c4cnc5c(ccn5S(=O)(=O)c5ccccc5)c4)nc(NC(=O)OC(C)(C)C)n3)c2)cc1. The predicted octanol–water partition coefficient (Wildman–Crippen LogP) is 7.13. The molecule has 292 valence electrons. The highest BCUT2D eigenvalue weighted by Gasteiger charge is 2.21. The van der Waals surface area contributed by atoms with E-state index >= 15 is 0 Å². The van der Waals surface area contributed by atoms with Crippen LogP contribution >= 0.6 is 0 Å². The van der Waals surface area contributed by atoms with Gasteiger partial charge in [-0.1, -0.05) is 30.3 Å². The molecule has 0 aliphatic heterocycles. The molecule has 6 aromatic rings. The average molecular weight is 788 g/mol.